The zero-order chi connectivity index (χ0) is 12.1. The standard InChI is InChI=1S/C13H19NO2/c1-9(2)12(13(15)16)14-8-11-6-4-10(3)5-7-11/h4-7,9,12,14H,8H2,1-3H3,(H,15,16). The van der Waals surface area contributed by atoms with Crippen molar-refractivity contribution in [2.24, 2.45) is 5.92 Å². The molecule has 1 unspecified atom stereocenters. The van der Waals surface area contributed by atoms with Crippen LogP contribution >= 0.6 is 0 Å². The highest BCUT2D eigenvalue weighted by Crippen LogP contribution is 2.06. The molecule has 1 aromatic carbocycles. The molecule has 0 saturated heterocycles. The molecule has 88 valence electrons. The number of carbonyl (C=O) groups is 1. The van der Waals surface area contributed by atoms with Crippen molar-refractivity contribution in [2.45, 2.75) is 33.4 Å². The summed E-state index contributed by atoms with van der Waals surface area (Å²) in [5.74, 6) is -0.704. The van der Waals surface area contributed by atoms with Gasteiger partial charge in [0.25, 0.3) is 0 Å². The molecule has 0 aliphatic carbocycles. The molecule has 16 heavy (non-hydrogen) atoms. The zero-order valence-corrected chi connectivity index (χ0v) is 10.0. The number of hydrogen-bond acceptors (Lipinski definition) is 2. The molecule has 0 aliphatic heterocycles. The maximum absolute atomic E-state index is 11.0. The maximum Gasteiger partial charge on any atom is 0.320 e. The summed E-state index contributed by atoms with van der Waals surface area (Å²) in [5.41, 5.74) is 2.32. The minimum Gasteiger partial charge on any atom is -0.480 e. The second-order valence-electron chi connectivity index (χ2n) is 4.43. The number of carboxylic acids is 1. The predicted octanol–water partition coefficient (Wildman–Crippen LogP) is 2.19. The van der Waals surface area contributed by atoms with Gasteiger partial charge in [-0.2, -0.15) is 0 Å². The lowest BCUT2D eigenvalue weighted by molar-refractivity contribution is -0.140. The van der Waals surface area contributed by atoms with Gasteiger partial charge in [-0.15, -0.1) is 0 Å². The lowest BCUT2D eigenvalue weighted by atomic mass is 10.0. The van der Waals surface area contributed by atoms with Crippen molar-refractivity contribution in [1.82, 2.24) is 5.32 Å². The first-order valence-electron chi connectivity index (χ1n) is 5.52. The Morgan fingerprint density at radius 2 is 1.88 bits per heavy atom. The van der Waals surface area contributed by atoms with Crippen molar-refractivity contribution in [1.29, 1.82) is 0 Å². The number of benzene rings is 1. The summed E-state index contributed by atoms with van der Waals surface area (Å²) >= 11 is 0. The lowest BCUT2D eigenvalue weighted by Crippen LogP contribution is -2.40. The molecular formula is C13H19NO2. The van der Waals surface area contributed by atoms with E-state index in [1.165, 1.54) is 5.56 Å². The highest BCUT2D eigenvalue weighted by atomic mass is 16.4. The fourth-order valence-corrected chi connectivity index (χ4v) is 1.54. The quantitative estimate of drug-likeness (QED) is 0.801. The third-order valence-corrected chi connectivity index (χ3v) is 2.58. The summed E-state index contributed by atoms with van der Waals surface area (Å²) in [4.78, 5) is 11.0. The van der Waals surface area contributed by atoms with Crippen LogP contribution in [0, 0.1) is 12.8 Å². The van der Waals surface area contributed by atoms with E-state index < -0.39 is 12.0 Å². The Bertz CT molecular complexity index is 343. The molecule has 1 rings (SSSR count). The van der Waals surface area contributed by atoms with E-state index in [0.29, 0.717) is 6.54 Å². The van der Waals surface area contributed by atoms with Crippen LogP contribution in [-0.4, -0.2) is 17.1 Å². The van der Waals surface area contributed by atoms with Crippen LogP contribution in [0.4, 0.5) is 0 Å². The van der Waals surface area contributed by atoms with E-state index in [2.05, 4.69) is 5.32 Å². The second kappa shape index (κ2) is 5.66. The normalized spacial score (nSPS) is 12.8. The van der Waals surface area contributed by atoms with Gasteiger partial charge < -0.3 is 10.4 Å². The average Bonchev–Trinajstić information content (AvgIpc) is 2.20. The number of aryl methyl sites for hydroxylation is 1. The van der Waals surface area contributed by atoms with Crippen LogP contribution in [-0.2, 0) is 11.3 Å². The van der Waals surface area contributed by atoms with Gasteiger partial charge in [0.15, 0.2) is 0 Å². The third kappa shape index (κ3) is 3.66. The molecule has 2 N–H and O–H groups in total. The fourth-order valence-electron chi connectivity index (χ4n) is 1.54. The van der Waals surface area contributed by atoms with Gasteiger partial charge in [0.1, 0.15) is 6.04 Å². The second-order valence-corrected chi connectivity index (χ2v) is 4.43. The molecular weight excluding hydrogens is 202 g/mol. The Morgan fingerprint density at radius 1 is 1.31 bits per heavy atom. The van der Waals surface area contributed by atoms with Crippen molar-refractivity contribution in [3.05, 3.63) is 35.4 Å². The SMILES string of the molecule is Cc1ccc(CNC(C(=O)O)C(C)C)cc1. The van der Waals surface area contributed by atoms with E-state index in [-0.39, 0.29) is 5.92 Å². The van der Waals surface area contributed by atoms with Crippen LogP contribution in [0.15, 0.2) is 24.3 Å². The minimum atomic E-state index is -0.790. The molecule has 0 amide bonds. The van der Waals surface area contributed by atoms with Crippen LogP contribution in [0.25, 0.3) is 0 Å². The highest BCUT2D eigenvalue weighted by molar-refractivity contribution is 5.73. The number of nitrogens with one attached hydrogen (secondary N) is 1. The maximum atomic E-state index is 11.0. The molecule has 0 heterocycles. The van der Waals surface area contributed by atoms with Crippen molar-refractivity contribution >= 4 is 5.97 Å². The molecule has 0 spiro atoms. The molecule has 0 aromatic heterocycles. The van der Waals surface area contributed by atoms with Gasteiger partial charge in [-0.3, -0.25) is 4.79 Å². The van der Waals surface area contributed by atoms with Crippen LogP contribution in [0.1, 0.15) is 25.0 Å². The summed E-state index contributed by atoms with van der Waals surface area (Å²) in [6.07, 6.45) is 0. The summed E-state index contributed by atoms with van der Waals surface area (Å²) < 4.78 is 0. The van der Waals surface area contributed by atoms with Crippen molar-refractivity contribution < 1.29 is 9.90 Å². The molecule has 1 aromatic rings. The molecule has 0 saturated carbocycles. The molecule has 1 atom stereocenters. The molecule has 0 bridgehead atoms. The van der Waals surface area contributed by atoms with Gasteiger partial charge in [0.2, 0.25) is 0 Å². The number of hydrogen-bond donors (Lipinski definition) is 2. The first-order chi connectivity index (χ1) is 7.50. The van der Waals surface area contributed by atoms with Crippen LogP contribution in [0.2, 0.25) is 0 Å². The Hall–Kier alpha value is -1.35. The van der Waals surface area contributed by atoms with Crippen molar-refractivity contribution in [2.75, 3.05) is 0 Å². The van der Waals surface area contributed by atoms with Crippen molar-refractivity contribution in [3.63, 3.8) is 0 Å². The van der Waals surface area contributed by atoms with Crippen LogP contribution < -0.4 is 5.32 Å². The molecule has 0 aliphatic rings. The molecule has 3 heteroatoms. The summed E-state index contributed by atoms with van der Waals surface area (Å²) in [7, 11) is 0. The highest BCUT2D eigenvalue weighted by Gasteiger charge is 2.20. The van der Waals surface area contributed by atoms with Gasteiger partial charge in [-0.05, 0) is 18.4 Å². The Labute approximate surface area is 96.5 Å². The topological polar surface area (TPSA) is 49.3 Å². The van der Waals surface area contributed by atoms with Crippen molar-refractivity contribution in [3.8, 4) is 0 Å². The van der Waals surface area contributed by atoms with Gasteiger partial charge in [-0.1, -0.05) is 43.7 Å². The van der Waals surface area contributed by atoms with E-state index in [0.717, 1.165) is 5.56 Å². The van der Waals surface area contributed by atoms with Crippen LogP contribution in [0.3, 0.4) is 0 Å². The largest absolute Gasteiger partial charge is 0.480 e. The van der Waals surface area contributed by atoms with Gasteiger partial charge in [0.05, 0.1) is 0 Å². The van der Waals surface area contributed by atoms with Gasteiger partial charge in [0, 0.05) is 6.54 Å². The van der Waals surface area contributed by atoms with Crippen LogP contribution in [0.5, 0.6) is 0 Å². The average molecular weight is 221 g/mol. The number of rotatable bonds is 5. The van der Waals surface area contributed by atoms with E-state index in [1.807, 2.05) is 45.0 Å². The van der Waals surface area contributed by atoms with E-state index >= 15 is 0 Å². The Balaban J connectivity index is 2.55. The zero-order valence-electron chi connectivity index (χ0n) is 10.0. The predicted molar refractivity (Wildman–Crippen MR) is 64.3 cm³/mol. The van der Waals surface area contributed by atoms with Gasteiger partial charge in [-0.25, -0.2) is 0 Å². The summed E-state index contributed by atoms with van der Waals surface area (Å²) in [6.45, 7) is 6.43. The molecule has 3 nitrogen and oxygen atoms in total. The van der Waals surface area contributed by atoms with E-state index in [9.17, 15) is 4.79 Å². The monoisotopic (exact) mass is 221 g/mol. The Kier molecular flexibility index (Phi) is 4.50. The summed E-state index contributed by atoms with van der Waals surface area (Å²) in [6, 6.07) is 7.61. The first kappa shape index (κ1) is 12.7. The minimum absolute atomic E-state index is 0.0861. The molecule has 0 fully saturated rings. The first-order valence-corrected chi connectivity index (χ1v) is 5.52. The fraction of sp³-hybridized carbons (Fsp3) is 0.462. The van der Waals surface area contributed by atoms with Gasteiger partial charge >= 0.3 is 5.97 Å². The number of carboxylic acid groups (broad SMARTS) is 1. The van der Waals surface area contributed by atoms with E-state index in [1.54, 1.807) is 0 Å². The number of aliphatic carboxylic acids is 1. The van der Waals surface area contributed by atoms with E-state index in [4.69, 9.17) is 5.11 Å². The smallest absolute Gasteiger partial charge is 0.320 e. The lowest BCUT2D eigenvalue weighted by Gasteiger charge is -2.17. The Morgan fingerprint density at radius 3 is 2.31 bits per heavy atom. The molecule has 0 radical (unpaired) electrons. The third-order valence-electron chi connectivity index (χ3n) is 2.58. The summed E-state index contributed by atoms with van der Waals surface area (Å²) in [5, 5.41) is 12.1.